The quantitative estimate of drug-likeness (QED) is 0.558. The number of benzene rings is 2. The number of nitrogens with zero attached hydrogens (tertiary/aromatic N) is 2. The molecule has 0 amide bonds. The largest absolute Gasteiger partial charge is 0.380 e. The van der Waals surface area contributed by atoms with E-state index in [1.807, 2.05) is 48.9 Å². The van der Waals surface area contributed by atoms with Gasteiger partial charge in [-0.05, 0) is 35.4 Å². The molecule has 2 aromatic carbocycles. The van der Waals surface area contributed by atoms with Crippen LogP contribution in [-0.2, 0) is 6.54 Å². The maximum atomic E-state index is 6.20. The molecule has 0 fully saturated rings. The number of nitrogens with one attached hydrogen (secondary N) is 2. The molecule has 0 aliphatic rings. The smallest absolute Gasteiger partial charge is 0.0650 e. The summed E-state index contributed by atoms with van der Waals surface area (Å²) in [4.78, 5) is 4.34. The lowest BCUT2D eigenvalue weighted by molar-refractivity contribution is 1.12. The molecule has 0 aliphatic carbocycles. The zero-order valence-electron chi connectivity index (χ0n) is 12.8. The van der Waals surface area contributed by atoms with E-state index in [9.17, 15) is 0 Å². The fourth-order valence-electron chi connectivity index (χ4n) is 2.66. The van der Waals surface area contributed by atoms with Gasteiger partial charge in [-0.1, -0.05) is 35.9 Å². The van der Waals surface area contributed by atoms with Gasteiger partial charge in [0.15, 0.2) is 0 Å². The molecule has 0 unspecified atom stereocenters. The second-order valence-electron chi connectivity index (χ2n) is 5.58. The Morgan fingerprint density at radius 3 is 2.79 bits per heavy atom. The van der Waals surface area contributed by atoms with E-state index in [0.717, 1.165) is 38.3 Å². The predicted octanol–water partition coefficient (Wildman–Crippen LogP) is 4.89. The lowest BCUT2D eigenvalue weighted by atomic mass is 10.1. The summed E-state index contributed by atoms with van der Waals surface area (Å²) in [5.41, 5.74) is 5.21. The number of fused-ring (bicyclic) bond motifs is 1. The van der Waals surface area contributed by atoms with E-state index in [1.54, 1.807) is 0 Å². The molecule has 2 N–H and O–H groups in total. The first-order valence-corrected chi connectivity index (χ1v) is 8.03. The summed E-state index contributed by atoms with van der Waals surface area (Å²) in [6.45, 7) is 0.658. The van der Waals surface area contributed by atoms with Gasteiger partial charge in [-0.15, -0.1) is 0 Å². The number of H-pyrrole nitrogens is 1. The molecular formula is C19H15ClN4. The molecule has 0 saturated heterocycles. The van der Waals surface area contributed by atoms with E-state index in [2.05, 4.69) is 38.7 Å². The topological polar surface area (TPSA) is 53.6 Å². The number of hydrogen-bond donors (Lipinski definition) is 2. The van der Waals surface area contributed by atoms with Crippen molar-refractivity contribution in [2.24, 2.45) is 0 Å². The van der Waals surface area contributed by atoms with Gasteiger partial charge in [0.2, 0.25) is 0 Å². The monoisotopic (exact) mass is 334 g/mol. The Bertz CT molecular complexity index is 993. The highest BCUT2D eigenvalue weighted by molar-refractivity contribution is 6.31. The number of anilines is 1. The summed E-state index contributed by atoms with van der Waals surface area (Å²) >= 11 is 6.20. The summed E-state index contributed by atoms with van der Waals surface area (Å²) in [6.07, 6.45) is 5.50. The first-order chi connectivity index (χ1) is 11.8. The van der Waals surface area contributed by atoms with Gasteiger partial charge in [-0.25, -0.2) is 0 Å². The molecule has 0 saturated carbocycles. The van der Waals surface area contributed by atoms with Crippen molar-refractivity contribution in [3.05, 3.63) is 77.7 Å². The lowest BCUT2D eigenvalue weighted by Crippen LogP contribution is -2.00. The fourth-order valence-corrected chi connectivity index (χ4v) is 2.86. The Hall–Kier alpha value is -2.85. The van der Waals surface area contributed by atoms with Crippen LogP contribution in [0.2, 0.25) is 5.02 Å². The summed E-state index contributed by atoms with van der Waals surface area (Å²) in [5.74, 6) is 0. The van der Waals surface area contributed by atoms with Crippen LogP contribution < -0.4 is 5.32 Å². The number of halogens is 1. The van der Waals surface area contributed by atoms with E-state index in [-0.39, 0.29) is 0 Å². The van der Waals surface area contributed by atoms with E-state index in [1.165, 1.54) is 0 Å². The molecular weight excluding hydrogens is 320 g/mol. The molecule has 2 heterocycles. The molecule has 2 aromatic heterocycles. The summed E-state index contributed by atoms with van der Waals surface area (Å²) < 4.78 is 0. The molecule has 4 aromatic rings. The summed E-state index contributed by atoms with van der Waals surface area (Å²) in [5, 5.41) is 12.2. The van der Waals surface area contributed by atoms with Gasteiger partial charge >= 0.3 is 0 Å². The van der Waals surface area contributed by atoms with Crippen molar-refractivity contribution in [1.29, 1.82) is 0 Å². The van der Waals surface area contributed by atoms with Crippen LogP contribution in [0.4, 0.5) is 5.69 Å². The fraction of sp³-hybridized carbons (Fsp3) is 0.0526. The SMILES string of the molecule is Clc1ccccc1CNc1cncc(-c2ccc3[nH]ncc3c2)c1. The third kappa shape index (κ3) is 2.96. The van der Waals surface area contributed by atoms with Crippen molar-refractivity contribution in [1.82, 2.24) is 15.2 Å². The maximum absolute atomic E-state index is 6.20. The van der Waals surface area contributed by atoms with Crippen LogP contribution in [0.25, 0.3) is 22.0 Å². The highest BCUT2D eigenvalue weighted by Gasteiger charge is 2.04. The van der Waals surface area contributed by atoms with Crippen LogP contribution in [0.1, 0.15) is 5.56 Å². The highest BCUT2D eigenvalue weighted by Crippen LogP contribution is 2.25. The van der Waals surface area contributed by atoms with E-state index >= 15 is 0 Å². The lowest BCUT2D eigenvalue weighted by Gasteiger charge is -2.09. The zero-order valence-corrected chi connectivity index (χ0v) is 13.6. The number of pyridine rings is 1. The van der Waals surface area contributed by atoms with Gasteiger partial charge < -0.3 is 5.32 Å². The van der Waals surface area contributed by atoms with Crippen molar-refractivity contribution in [3.8, 4) is 11.1 Å². The average molecular weight is 335 g/mol. The van der Waals surface area contributed by atoms with Gasteiger partial charge in [0.05, 0.1) is 17.4 Å². The van der Waals surface area contributed by atoms with E-state index in [0.29, 0.717) is 6.54 Å². The Kier molecular flexibility index (Phi) is 3.89. The molecule has 0 spiro atoms. The third-order valence-corrected chi connectivity index (χ3v) is 4.32. The number of aromatic amines is 1. The molecule has 5 heteroatoms. The molecule has 0 radical (unpaired) electrons. The van der Waals surface area contributed by atoms with Crippen molar-refractivity contribution >= 4 is 28.2 Å². The first-order valence-electron chi connectivity index (χ1n) is 7.65. The van der Waals surface area contributed by atoms with Gasteiger partial charge in [-0.3, -0.25) is 10.1 Å². The third-order valence-electron chi connectivity index (χ3n) is 3.95. The van der Waals surface area contributed by atoms with Gasteiger partial charge in [0.25, 0.3) is 0 Å². The van der Waals surface area contributed by atoms with Crippen LogP contribution in [0, 0.1) is 0 Å². The normalized spacial score (nSPS) is 10.9. The van der Waals surface area contributed by atoms with E-state index < -0.39 is 0 Å². The van der Waals surface area contributed by atoms with Crippen LogP contribution in [0.5, 0.6) is 0 Å². The van der Waals surface area contributed by atoms with Crippen molar-refractivity contribution in [2.75, 3.05) is 5.32 Å². The van der Waals surface area contributed by atoms with E-state index in [4.69, 9.17) is 11.6 Å². The Balaban J connectivity index is 1.58. The molecule has 118 valence electrons. The highest BCUT2D eigenvalue weighted by atomic mass is 35.5. The van der Waals surface area contributed by atoms with Gasteiger partial charge in [0, 0.05) is 34.9 Å². The summed E-state index contributed by atoms with van der Waals surface area (Å²) in [6, 6.07) is 16.1. The van der Waals surface area contributed by atoms with Crippen LogP contribution in [0.15, 0.2) is 67.1 Å². The molecule has 0 bridgehead atoms. The standard InChI is InChI=1S/C19H15ClN4/c20-18-4-2-1-3-14(18)10-22-17-8-15(9-21-12-17)13-5-6-19-16(7-13)11-23-24-19/h1-9,11-12,22H,10H2,(H,23,24). The minimum Gasteiger partial charge on any atom is -0.380 e. The maximum Gasteiger partial charge on any atom is 0.0650 e. The Morgan fingerprint density at radius 1 is 0.958 bits per heavy atom. The number of hydrogen-bond acceptors (Lipinski definition) is 3. The second kappa shape index (κ2) is 6.34. The van der Waals surface area contributed by atoms with Crippen LogP contribution in [0.3, 0.4) is 0 Å². The van der Waals surface area contributed by atoms with Crippen LogP contribution in [-0.4, -0.2) is 15.2 Å². The van der Waals surface area contributed by atoms with Crippen molar-refractivity contribution < 1.29 is 0 Å². The second-order valence-corrected chi connectivity index (χ2v) is 5.99. The molecule has 4 nitrogen and oxygen atoms in total. The molecule has 0 atom stereocenters. The van der Waals surface area contributed by atoms with Crippen molar-refractivity contribution in [2.45, 2.75) is 6.54 Å². The van der Waals surface area contributed by atoms with Crippen LogP contribution >= 0.6 is 11.6 Å². The molecule has 0 aliphatic heterocycles. The predicted molar refractivity (Wildman–Crippen MR) is 98.1 cm³/mol. The Labute approximate surface area is 144 Å². The van der Waals surface area contributed by atoms with Crippen molar-refractivity contribution in [3.63, 3.8) is 0 Å². The minimum atomic E-state index is 0.658. The number of rotatable bonds is 4. The van der Waals surface area contributed by atoms with Gasteiger partial charge in [-0.2, -0.15) is 5.10 Å². The first kappa shape index (κ1) is 14.7. The molecule has 4 rings (SSSR count). The summed E-state index contributed by atoms with van der Waals surface area (Å²) in [7, 11) is 0. The minimum absolute atomic E-state index is 0.658. The van der Waals surface area contributed by atoms with Gasteiger partial charge in [0.1, 0.15) is 0 Å². The average Bonchev–Trinajstić information content (AvgIpc) is 3.09. The number of aromatic nitrogens is 3. The zero-order chi connectivity index (χ0) is 16.4. The Morgan fingerprint density at radius 2 is 1.88 bits per heavy atom. The molecule has 24 heavy (non-hydrogen) atoms.